The van der Waals surface area contributed by atoms with Gasteiger partial charge in [-0.2, -0.15) is 0 Å². The normalized spacial score (nSPS) is 29.2. The molecule has 0 N–H and O–H groups in total. The lowest BCUT2D eigenvalue weighted by Crippen LogP contribution is -2.19. The smallest absolute Gasteiger partial charge is 0.0232 e. The highest BCUT2D eigenvalue weighted by molar-refractivity contribution is 5.08. The second kappa shape index (κ2) is 14.9. The van der Waals surface area contributed by atoms with Crippen molar-refractivity contribution in [3.63, 3.8) is 0 Å². The number of hydrogen-bond acceptors (Lipinski definition) is 0. The molecule has 0 radical (unpaired) electrons. The fourth-order valence-electron chi connectivity index (χ4n) is 7.23. The Labute approximate surface area is 214 Å². The first-order valence-electron chi connectivity index (χ1n) is 15.8. The molecule has 0 aromatic carbocycles. The molecule has 0 bridgehead atoms. The Bertz CT molecular complexity index is 614. The summed E-state index contributed by atoms with van der Waals surface area (Å²) in [6.45, 7) is 12.2. The lowest BCUT2D eigenvalue weighted by Gasteiger charge is -2.32. The Hall–Kier alpha value is -0.520. The molecule has 3 aliphatic carbocycles. The zero-order valence-corrected chi connectivity index (χ0v) is 23.9. The van der Waals surface area contributed by atoms with Gasteiger partial charge in [0, 0.05) is 0 Å². The van der Waals surface area contributed by atoms with Crippen LogP contribution in [0.3, 0.4) is 0 Å². The summed E-state index contributed by atoms with van der Waals surface area (Å²) < 4.78 is 0. The predicted octanol–water partition coefficient (Wildman–Crippen LogP) is 11.3. The highest BCUT2D eigenvalue weighted by Gasteiger charge is 2.25. The van der Waals surface area contributed by atoms with Crippen LogP contribution in [-0.2, 0) is 0 Å². The van der Waals surface area contributed by atoms with Gasteiger partial charge >= 0.3 is 0 Å². The highest BCUT2D eigenvalue weighted by atomic mass is 14.3. The summed E-state index contributed by atoms with van der Waals surface area (Å²) in [5, 5.41) is 0. The van der Waals surface area contributed by atoms with Gasteiger partial charge in [-0.15, -0.1) is 0 Å². The van der Waals surface area contributed by atoms with E-state index in [1.54, 1.807) is 11.1 Å². The quantitative estimate of drug-likeness (QED) is 0.250. The molecule has 4 atom stereocenters. The summed E-state index contributed by atoms with van der Waals surface area (Å²) in [4.78, 5) is 0. The minimum atomic E-state index is 0.833. The molecule has 0 aromatic heterocycles. The van der Waals surface area contributed by atoms with Crippen LogP contribution in [-0.4, -0.2) is 0 Å². The molecule has 3 rings (SSSR count). The van der Waals surface area contributed by atoms with Crippen molar-refractivity contribution in [2.24, 2.45) is 41.4 Å². The summed E-state index contributed by atoms with van der Waals surface area (Å²) in [5.41, 5.74) is 3.59. The Morgan fingerprint density at radius 3 is 2.24 bits per heavy atom. The van der Waals surface area contributed by atoms with Crippen molar-refractivity contribution in [3.05, 3.63) is 23.3 Å². The Morgan fingerprint density at radius 2 is 1.53 bits per heavy atom. The lowest BCUT2D eigenvalue weighted by atomic mass is 9.73. The van der Waals surface area contributed by atoms with Crippen LogP contribution in [0.4, 0.5) is 0 Å². The van der Waals surface area contributed by atoms with E-state index in [1.807, 2.05) is 0 Å². The van der Waals surface area contributed by atoms with Crippen LogP contribution in [0.5, 0.6) is 0 Å². The van der Waals surface area contributed by atoms with E-state index in [0.717, 1.165) is 41.4 Å². The largest absolute Gasteiger partial charge is 0.0851 e. The van der Waals surface area contributed by atoms with E-state index in [0.29, 0.717) is 0 Å². The molecule has 1 fully saturated rings. The predicted molar refractivity (Wildman–Crippen MR) is 152 cm³/mol. The molecular weight excluding hydrogens is 408 g/mol. The molecule has 1 saturated carbocycles. The van der Waals surface area contributed by atoms with E-state index in [9.17, 15) is 0 Å². The van der Waals surface area contributed by atoms with E-state index >= 15 is 0 Å². The molecule has 0 aromatic rings. The molecule has 3 aliphatic rings. The van der Waals surface area contributed by atoms with Gasteiger partial charge in [-0.3, -0.25) is 0 Å². The summed E-state index contributed by atoms with van der Waals surface area (Å²) in [5.74, 6) is 6.50. The van der Waals surface area contributed by atoms with Crippen molar-refractivity contribution in [2.45, 2.75) is 150 Å². The number of rotatable bonds is 12. The molecule has 0 heterocycles. The molecule has 34 heavy (non-hydrogen) atoms. The van der Waals surface area contributed by atoms with Crippen LogP contribution in [0, 0.1) is 41.4 Å². The first-order chi connectivity index (χ1) is 16.4. The average molecular weight is 469 g/mol. The fraction of sp³-hybridized carbons (Fsp3) is 0.882. The van der Waals surface area contributed by atoms with Crippen molar-refractivity contribution in [1.29, 1.82) is 0 Å². The third-order valence-corrected chi connectivity index (χ3v) is 10.3. The van der Waals surface area contributed by atoms with Crippen molar-refractivity contribution in [1.82, 2.24) is 0 Å². The molecule has 0 nitrogen and oxygen atoms in total. The van der Waals surface area contributed by atoms with E-state index in [-0.39, 0.29) is 0 Å². The average Bonchev–Trinajstić information content (AvgIpc) is 3.13. The van der Waals surface area contributed by atoms with E-state index in [4.69, 9.17) is 0 Å². The molecule has 0 aliphatic heterocycles. The highest BCUT2D eigenvalue weighted by Crippen LogP contribution is 2.39. The minimum Gasteiger partial charge on any atom is -0.0851 e. The third-order valence-electron chi connectivity index (χ3n) is 10.3. The van der Waals surface area contributed by atoms with Crippen molar-refractivity contribution in [3.8, 4) is 0 Å². The van der Waals surface area contributed by atoms with Gasteiger partial charge in [-0.05, 0) is 125 Å². The van der Waals surface area contributed by atoms with Crippen LogP contribution >= 0.6 is 0 Å². The van der Waals surface area contributed by atoms with Crippen molar-refractivity contribution < 1.29 is 0 Å². The van der Waals surface area contributed by atoms with Gasteiger partial charge in [-0.1, -0.05) is 90.0 Å². The maximum Gasteiger partial charge on any atom is -0.0232 e. The van der Waals surface area contributed by atoms with E-state index < -0.39 is 0 Å². The molecule has 0 spiro atoms. The van der Waals surface area contributed by atoms with Crippen LogP contribution in [0.15, 0.2) is 23.3 Å². The summed E-state index contributed by atoms with van der Waals surface area (Å²) in [6.07, 6.45) is 31.4. The Balaban J connectivity index is 1.28. The van der Waals surface area contributed by atoms with E-state index in [2.05, 4.69) is 46.8 Å². The maximum absolute atomic E-state index is 2.67. The minimum absolute atomic E-state index is 0.833. The van der Waals surface area contributed by atoms with Gasteiger partial charge in [0.2, 0.25) is 0 Å². The zero-order chi connectivity index (χ0) is 24.3. The second-order valence-electron chi connectivity index (χ2n) is 13.6. The van der Waals surface area contributed by atoms with Gasteiger partial charge in [0.25, 0.3) is 0 Å². The molecule has 0 heteroatoms. The molecule has 0 saturated heterocycles. The van der Waals surface area contributed by atoms with Gasteiger partial charge in [0.1, 0.15) is 0 Å². The topological polar surface area (TPSA) is 0 Å². The van der Waals surface area contributed by atoms with Crippen molar-refractivity contribution in [2.75, 3.05) is 0 Å². The first kappa shape index (κ1) is 28.1. The number of allylic oxidation sites excluding steroid dienone is 4. The van der Waals surface area contributed by atoms with Gasteiger partial charge in [0.15, 0.2) is 0 Å². The molecule has 0 amide bonds. The Kier molecular flexibility index (Phi) is 12.3. The van der Waals surface area contributed by atoms with Gasteiger partial charge in [-0.25, -0.2) is 0 Å². The lowest BCUT2D eigenvalue weighted by molar-refractivity contribution is 0.216. The van der Waals surface area contributed by atoms with Gasteiger partial charge < -0.3 is 0 Å². The molecule has 3 unspecified atom stereocenters. The van der Waals surface area contributed by atoms with Crippen LogP contribution in [0.2, 0.25) is 0 Å². The van der Waals surface area contributed by atoms with Crippen LogP contribution in [0.1, 0.15) is 150 Å². The summed E-state index contributed by atoms with van der Waals surface area (Å²) in [7, 11) is 0. The second-order valence-corrected chi connectivity index (χ2v) is 13.6. The summed E-state index contributed by atoms with van der Waals surface area (Å²) >= 11 is 0. The molecule has 196 valence electrons. The Morgan fingerprint density at radius 1 is 0.765 bits per heavy atom. The number of hydrogen-bond donors (Lipinski definition) is 0. The zero-order valence-electron chi connectivity index (χ0n) is 23.9. The van der Waals surface area contributed by atoms with Crippen LogP contribution < -0.4 is 0 Å². The SMILES string of the molecule is CC(CCC1=CCC(CC2CCC(CC[C@H](C)C3=CCCCCC3)CC2)CC1)CC(C)C(C)C. The third kappa shape index (κ3) is 9.85. The van der Waals surface area contributed by atoms with E-state index in [1.165, 1.54) is 116 Å². The molecular formula is C34H60. The maximum atomic E-state index is 2.67. The monoisotopic (exact) mass is 468 g/mol. The van der Waals surface area contributed by atoms with Crippen LogP contribution in [0.25, 0.3) is 0 Å². The standard InChI is InChI=1S/C34H60/c1-26(2)29(5)24-27(3)12-14-30-16-20-32(21-17-30)25-33-22-18-31(19-23-33)15-13-28(4)34-10-8-6-7-9-11-34/h10,16,26-29,31-33H,6-9,11-15,17-25H2,1-5H3/t27?,28-,29?,31?,32?,33?/m0/s1. The van der Waals surface area contributed by atoms with Crippen molar-refractivity contribution >= 4 is 0 Å². The summed E-state index contributed by atoms with van der Waals surface area (Å²) in [6, 6.07) is 0. The van der Waals surface area contributed by atoms with Gasteiger partial charge in [0.05, 0.1) is 0 Å². The first-order valence-corrected chi connectivity index (χ1v) is 15.8. The fourth-order valence-corrected chi connectivity index (χ4v) is 7.23.